The van der Waals surface area contributed by atoms with Gasteiger partial charge in [-0.1, -0.05) is 42.6 Å². The van der Waals surface area contributed by atoms with Crippen LogP contribution < -0.4 is 0 Å². The Morgan fingerprint density at radius 1 is 1.33 bits per heavy atom. The maximum absolute atomic E-state index is 9.83. The molecule has 2 aromatic rings. The van der Waals surface area contributed by atoms with Crippen molar-refractivity contribution < 1.29 is 5.11 Å². The summed E-state index contributed by atoms with van der Waals surface area (Å²) in [6.45, 7) is 4.80. The van der Waals surface area contributed by atoms with Crippen molar-refractivity contribution in [1.82, 2.24) is 4.57 Å². The summed E-state index contributed by atoms with van der Waals surface area (Å²) >= 11 is 12.4. The molecule has 0 saturated carbocycles. The number of aryl methyl sites for hydroxylation is 1. The van der Waals surface area contributed by atoms with Crippen LogP contribution in [-0.4, -0.2) is 9.67 Å². The Morgan fingerprint density at radius 2 is 2.06 bits per heavy atom. The Hall–Kier alpha value is -0.700. The minimum atomic E-state index is -0.507. The summed E-state index contributed by atoms with van der Waals surface area (Å²) in [7, 11) is 0. The number of halogens is 2. The van der Waals surface area contributed by atoms with Gasteiger partial charge in [-0.15, -0.1) is 0 Å². The predicted octanol–water partition coefficient (Wildman–Crippen LogP) is 4.80. The number of hydrogen-bond acceptors (Lipinski definition) is 1. The van der Waals surface area contributed by atoms with Crippen molar-refractivity contribution in [1.29, 1.82) is 0 Å². The van der Waals surface area contributed by atoms with Gasteiger partial charge in [0, 0.05) is 23.7 Å². The van der Waals surface area contributed by atoms with Crippen LogP contribution in [0.2, 0.25) is 10.0 Å². The molecule has 0 saturated heterocycles. The van der Waals surface area contributed by atoms with Crippen molar-refractivity contribution in [2.75, 3.05) is 0 Å². The van der Waals surface area contributed by atoms with E-state index in [0.29, 0.717) is 10.0 Å². The fourth-order valence-corrected chi connectivity index (χ4v) is 2.62. The zero-order valence-corrected chi connectivity index (χ0v) is 12.1. The Morgan fingerprint density at radius 3 is 2.67 bits per heavy atom. The van der Waals surface area contributed by atoms with E-state index in [1.54, 1.807) is 13.0 Å². The molecule has 1 heterocycles. The molecular formula is C14H17Cl2NO. The van der Waals surface area contributed by atoms with Crippen LogP contribution >= 0.6 is 23.2 Å². The van der Waals surface area contributed by atoms with E-state index >= 15 is 0 Å². The molecule has 0 radical (unpaired) electrons. The topological polar surface area (TPSA) is 25.2 Å². The first-order valence-corrected chi connectivity index (χ1v) is 6.96. The van der Waals surface area contributed by atoms with Gasteiger partial charge < -0.3 is 9.67 Å². The Bertz CT molecular complexity index is 560. The minimum Gasteiger partial charge on any atom is -0.389 e. The third-order valence-corrected chi connectivity index (χ3v) is 3.96. The van der Waals surface area contributed by atoms with E-state index in [4.69, 9.17) is 23.2 Å². The molecule has 2 nitrogen and oxygen atoms in total. The number of benzene rings is 1. The van der Waals surface area contributed by atoms with Gasteiger partial charge in [0.25, 0.3) is 0 Å². The van der Waals surface area contributed by atoms with Gasteiger partial charge >= 0.3 is 0 Å². The predicted molar refractivity (Wildman–Crippen MR) is 77.5 cm³/mol. The average Bonchev–Trinajstić information content (AvgIpc) is 2.71. The molecule has 0 spiro atoms. The molecule has 0 aliphatic heterocycles. The highest BCUT2D eigenvalue weighted by atomic mass is 35.5. The fourth-order valence-electron chi connectivity index (χ4n) is 2.19. The molecule has 1 atom stereocenters. The molecule has 2 rings (SSSR count). The number of aliphatic hydroxyl groups excluding tert-OH is 1. The lowest BCUT2D eigenvalue weighted by Crippen LogP contribution is -1.96. The molecule has 0 aliphatic carbocycles. The molecule has 4 heteroatoms. The van der Waals surface area contributed by atoms with Crippen LogP contribution in [-0.2, 0) is 6.54 Å². The number of fused-ring (bicyclic) bond motifs is 1. The Kier molecular flexibility index (Phi) is 4.21. The van der Waals surface area contributed by atoms with Crippen LogP contribution in [0.25, 0.3) is 10.9 Å². The number of nitrogens with zero attached hydrogens (tertiary/aromatic N) is 1. The summed E-state index contributed by atoms with van der Waals surface area (Å²) in [6.07, 6.45) is 3.66. The van der Waals surface area contributed by atoms with Gasteiger partial charge in [-0.05, 0) is 19.4 Å². The quantitative estimate of drug-likeness (QED) is 0.858. The molecule has 0 aliphatic rings. The van der Waals surface area contributed by atoms with Gasteiger partial charge in [-0.25, -0.2) is 0 Å². The van der Waals surface area contributed by atoms with Gasteiger partial charge in [0.15, 0.2) is 0 Å². The average molecular weight is 286 g/mol. The van der Waals surface area contributed by atoms with Gasteiger partial charge in [0.1, 0.15) is 0 Å². The van der Waals surface area contributed by atoms with Crippen LogP contribution in [0.5, 0.6) is 0 Å². The third-order valence-electron chi connectivity index (χ3n) is 3.16. The number of unbranched alkanes of at least 4 members (excludes halogenated alkanes) is 1. The van der Waals surface area contributed by atoms with E-state index in [1.165, 1.54) is 0 Å². The molecular weight excluding hydrogens is 269 g/mol. The summed E-state index contributed by atoms with van der Waals surface area (Å²) < 4.78 is 2.09. The van der Waals surface area contributed by atoms with Crippen LogP contribution in [0.4, 0.5) is 0 Å². The monoisotopic (exact) mass is 285 g/mol. The van der Waals surface area contributed by atoms with Gasteiger partial charge in [-0.2, -0.15) is 0 Å². The number of hydrogen-bond donors (Lipinski definition) is 1. The summed E-state index contributed by atoms with van der Waals surface area (Å²) in [4.78, 5) is 0. The molecule has 0 amide bonds. The Balaban J connectivity index is 2.65. The third kappa shape index (κ3) is 2.37. The van der Waals surface area contributed by atoms with Crippen molar-refractivity contribution in [2.45, 2.75) is 39.3 Å². The Labute approximate surface area is 117 Å². The first kappa shape index (κ1) is 13.7. The highest BCUT2D eigenvalue weighted by Gasteiger charge is 2.16. The highest BCUT2D eigenvalue weighted by molar-refractivity contribution is 6.45. The van der Waals surface area contributed by atoms with Crippen LogP contribution in [0.1, 0.15) is 38.4 Å². The lowest BCUT2D eigenvalue weighted by molar-refractivity contribution is 0.200. The lowest BCUT2D eigenvalue weighted by atomic mass is 10.1. The second-order valence-corrected chi connectivity index (χ2v) is 5.35. The lowest BCUT2D eigenvalue weighted by Gasteiger charge is -2.06. The minimum absolute atomic E-state index is 0.507. The van der Waals surface area contributed by atoms with Crippen molar-refractivity contribution in [2.24, 2.45) is 0 Å². The zero-order valence-electron chi connectivity index (χ0n) is 10.6. The largest absolute Gasteiger partial charge is 0.389 e. The molecule has 1 aromatic carbocycles. The van der Waals surface area contributed by atoms with E-state index in [0.717, 1.165) is 35.9 Å². The van der Waals surface area contributed by atoms with Gasteiger partial charge in [0.2, 0.25) is 0 Å². The molecule has 1 unspecified atom stereocenters. The van der Waals surface area contributed by atoms with E-state index in [2.05, 4.69) is 11.5 Å². The molecule has 1 aromatic heterocycles. The maximum Gasteiger partial charge on any atom is 0.0835 e. The first-order chi connectivity index (χ1) is 8.56. The summed E-state index contributed by atoms with van der Waals surface area (Å²) in [5.41, 5.74) is 1.83. The highest BCUT2D eigenvalue weighted by Crippen LogP contribution is 2.35. The van der Waals surface area contributed by atoms with E-state index in [1.807, 2.05) is 12.3 Å². The summed E-state index contributed by atoms with van der Waals surface area (Å²) in [5, 5.41) is 11.9. The molecule has 18 heavy (non-hydrogen) atoms. The number of aliphatic hydroxyl groups is 1. The van der Waals surface area contributed by atoms with Crippen LogP contribution in [0.3, 0.4) is 0 Å². The second kappa shape index (κ2) is 5.52. The SMILES string of the molecule is CCCCn1cc(C(C)O)c2ccc(Cl)c(Cl)c21. The molecule has 98 valence electrons. The van der Waals surface area contributed by atoms with Crippen LogP contribution in [0, 0.1) is 0 Å². The van der Waals surface area contributed by atoms with Crippen molar-refractivity contribution in [3.8, 4) is 0 Å². The molecule has 0 bridgehead atoms. The maximum atomic E-state index is 9.83. The van der Waals surface area contributed by atoms with Gasteiger partial charge in [0.05, 0.1) is 21.7 Å². The smallest absolute Gasteiger partial charge is 0.0835 e. The first-order valence-electron chi connectivity index (χ1n) is 6.21. The number of rotatable bonds is 4. The van der Waals surface area contributed by atoms with Crippen LogP contribution in [0.15, 0.2) is 18.3 Å². The molecule has 1 N–H and O–H groups in total. The molecule has 0 fully saturated rings. The standard InChI is InChI=1S/C14H17Cl2NO/c1-3-4-7-17-8-11(9(2)18)10-5-6-12(15)13(16)14(10)17/h5-6,8-9,18H,3-4,7H2,1-2H3. The van der Waals surface area contributed by atoms with E-state index in [9.17, 15) is 5.11 Å². The van der Waals surface area contributed by atoms with Crippen molar-refractivity contribution in [3.63, 3.8) is 0 Å². The van der Waals surface area contributed by atoms with Crippen molar-refractivity contribution in [3.05, 3.63) is 33.9 Å². The number of aromatic nitrogens is 1. The van der Waals surface area contributed by atoms with E-state index in [-0.39, 0.29) is 0 Å². The van der Waals surface area contributed by atoms with Crippen molar-refractivity contribution >= 4 is 34.1 Å². The fraction of sp³-hybridized carbons (Fsp3) is 0.429. The van der Waals surface area contributed by atoms with Gasteiger partial charge in [-0.3, -0.25) is 0 Å². The summed E-state index contributed by atoms with van der Waals surface area (Å²) in [6, 6.07) is 3.70. The second-order valence-electron chi connectivity index (χ2n) is 4.56. The van der Waals surface area contributed by atoms with E-state index < -0.39 is 6.10 Å². The normalized spacial score (nSPS) is 13.2. The zero-order chi connectivity index (χ0) is 13.3. The summed E-state index contributed by atoms with van der Waals surface area (Å²) in [5.74, 6) is 0.